The Hall–Kier alpha value is -1.16. The van der Waals surface area contributed by atoms with Crippen LogP contribution >= 0.6 is 7.60 Å². The molecule has 0 radical (unpaired) electrons. The third-order valence-electron chi connectivity index (χ3n) is 4.11. The molecule has 1 saturated heterocycles. The van der Waals surface area contributed by atoms with E-state index in [0.717, 1.165) is 18.5 Å². The minimum atomic E-state index is -3.37. The molecule has 2 atom stereocenters. The van der Waals surface area contributed by atoms with E-state index in [1.807, 2.05) is 24.3 Å². The second-order valence-electron chi connectivity index (χ2n) is 5.26. The van der Waals surface area contributed by atoms with E-state index in [9.17, 15) is 9.36 Å². The van der Waals surface area contributed by atoms with E-state index in [1.54, 1.807) is 18.7 Å². The predicted octanol–water partition coefficient (Wildman–Crippen LogP) is 2.98. The molecule has 114 valence electrons. The van der Waals surface area contributed by atoms with E-state index in [0.29, 0.717) is 0 Å². The van der Waals surface area contributed by atoms with Gasteiger partial charge in [-0.3, -0.25) is 9.36 Å². The Morgan fingerprint density at radius 2 is 1.90 bits per heavy atom. The largest absolute Gasteiger partial charge is 0.345 e. The van der Waals surface area contributed by atoms with Crippen LogP contribution in [0.5, 0.6) is 0 Å². The van der Waals surface area contributed by atoms with Crippen molar-refractivity contribution in [3.8, 4) is 0 Å². The molecule has 5 nitrogen and oxygen atoms in total. The van der Waals surface area contributed by atoms with Gasteiger partial charge in [-0.2, -0.15) is 0 Å². The number of hydrogen-bond acceptors (Lipinski definition) is 4. The number of benzene rings is 1. The Bertz CT molecular complexity index is 593. The van der Waals surface area contributed by atoms with Crippen molar-refractivity contribution in [2.45, 2.75) is 38.4 Å². The van der Waals surface area contributed by atoms with E-state index >= 15 is 0 Å². The second-order valence-corrected chi connectivity index (χ2v) is 7.42. The molecule has 0 bridgehead atoms. The van der Waals surface area contributed by atoms with E-state index in [2.05, 4.69) is 0 Å². The number of β-lactam (4-membered cyclic amide) rings is 1. The van der Waals surface area contributed by atoms with Crippen LogP contribution in [0.3, 0.4) is 0 Å². The zero-order chi connectivity index (χ0) is 15.0. The van der Waals surface area contributed by atoms with Crippen molar-refractivity contribution in [2.24, 2.45) is 0 Å². The molecule has 2 aliphatic rings. The van der Waals surface area contributed by atoms with E-state index < -0.39 is 13.3 Å². The van der Waals surface area contributed by atoms with Gasteiger partial charge < -0.3 is 13.9 Å². The van der Waals surface area contributed by atoms with Gasteiger partial charge in [0.15, 0.2) is 5.66 Å². The van der Waals surface area contributed by atoms with Gasteiger partial charge in [0.25, 0.3) is 0 Å². The average Bonchev–Trinajstić information content (AvgIpc) is 2.45. The van der Waals surface area contributed by atoms with Crippen LogP contribution < -0.4 is 4.90 Å². The minimum Gasteiger partial charge on any atom is -0.308 e. The van der Waals surface area contributed by atoms with Gasteiger partial charge in [0, 0.05) is 5.69 Å². The number of aryl methyl sites for hydroxylation is 1. The predicted molar refractivity (Wildman–Crippen MR) is 80.7 cm³/mol. The molecule has 1 unspecified atom stereocenters. The topological polar surface area (TPSA) is 55.8 Å². The van der Waals surface area contributed by atoms with Crippen LogP contribution in [0.25, 0.3) is 0 Å². The van der Waals surface area contributed by atoms with Crippen LogP contribution in [-0.2, 0) is 24.8 Å². The maximum Gasteiger partial charge on any atom is 0.345 e. The van der Waals surface area contributed by atoms with Crippen molar-refractivity contribution in [3.63, 3.8) is 0 Å². The number of rotatable bonds is 5. The van der Waals surface area contributed by atoms with Crippen molar-refractivity contribution < 1.29 is 18.4 Å². The van der Waals surface area contributed by atoms with Gasteiger partial charge in [0.05, 0.1) is 19.3 Å². The molecule has 1 aromatic carbocycles. The Balaban J connectivity index is 1.90. The maximum absolute atomic E-state index is 12.9. The zero-order valence-corrected chi connectivity index (χ0v) is 13.2. The van der Waals surface area contributed by atoms with Crippen LogP contribution in [0.1, 0.15) is 25.8 Å². The first-order valence-corrected chi connectivity index (χ1v) is 9.03. The molecule has 3 rings (SSSR count). The summed E-state index contributed by atoms with van der Waals surface area (Å²) in [5.74, 6) is -0.141. The standard InChI is InChI=1S/C15H20NO4P/c1-3-19-21(18,20-4-2)14-13-10-9-11-7-5-6-8-12(11)16(13)15(14)17/h5-8,13-14H,3-4,9-10H2,1-2H3/t13?,14-/m1/s1. The lowest BCUT2D eigenvalue weighted by atomic mass is 9.87. The Morgan fingerprint density at radius 1 is 1.24 bits per heavy atom. The number of nitrogens with zero attached hydrogens (tertiary/aromatic N) is 1. The summed E-state index contributed by atoms with van der Waals surface area (Å²) in [6, 6.07) is 7.81. The molecule has 2 aliphatic heterocycles. The molecule has 6 heteroatoms. The highest BCUT2D eigenvalue weighted by Crippen LogP contribution is 2.60. The monoisotopic (exact) mass is 309 g/mol. The highest BCUT2D eigenvalue weighted by Gasteiger charge is 2.60. The number of hydrogen-bond donors (Lipinski definition) is 0. The molecule has 21 heavy (non-hydrogen) atoms. The second kappa shape index (κ2) is 5.56. The first-order chi connectivity index (χ1) is 10.1. The van der Waals surface area contributed by atoms with Crippen LogP contribution in [0.2, 0.25) is 0 Å². The first kappa shape index (κ1) is 14.8. The smallest absolute Gasteiger partial charge is 0.308 e. The summed E-state index contributed by atoms with van der Waals surface area (Å²) < 4.78 is 23.6. The molecule has 1 amide bonds. The van der Waals surface area contributed by atoms with Crippen LogP contribution in [-0.4, -0.2) is 30.8 Å². The van der Waals surface area contributed by atoms with Crippen molar-refractivity contribution in [1.29, 1.82) is 0 Å². The fourth-order valence-electron chi connectivity index (χ4n) is 3.28. The van der Waals surface area contributed by atoms with Gasteiger partial charge in [-0.05, 0) is 38.3 Å². The summed E-state index contributed by atoms with van der Waals surface area (Å²) in [6.07, 6.45) is 1.69. The lowest BCUT2D eigenvalue weighted by Gasteiger charge is -2.51. The van der Waals surface area contributed by atoms with Crippen LogP contribution in [0.4, 0.5) is 5.69 Å². The lowest BCUT2D eigenvalue weighted by Crippen LogP contribution is -2.66. The third kappa shape index (κ3) is 2.24. The molecular weight excluding hydrogens is 289 g/mol. The molecule has 1 fully saturated rings. The zero-order valence-electron chi connectivity index (χ0n) is 12.3. The third-order valence-corrected chi connectivity index (χ3v) is 6.59. The molecule has 0 saturated carbocycles. The summed E-state index contributed by atoms with van der Waals surface area (Å²) >= 11 is 0. The molecular formula is C15H20NO4P. The van der Waals surface area contributed by atoms with E-state index in [1.165, 1.54) is 5.56 Å². The van der Waals surface area contributed by atoms with Crippen molar-refractivity contribution in [1.82, 2.24) is 0 Å². The number of para-hydroxylation sites is 1. The van der Waals surface area contributed by atoms with E-state index in [-0.39, 0.29) is 25.2 Å². The summed E-state index contributed by atoms with van der Waals surface area (Å²) in [5, 5.41) is 0. The van der Waals surface area contributed by atoms with Crippen LogP contribution in [0, 0.1) is 0 Å². The Morgan fingerprint density at radius 3 is 2.57 bits per heavy atom. The number of fused-ring (bicyclic) bond motifs is 3. The normalized spacial score (nSPS) is 24.3. The highest BCUT2D eigenvalue weighted by atomic mass is 31.2. The fraction of sp³-hybridized carbons (Fsp3) is 0.533. The first-order valence-electron chi connectivity index (χ1n) is 7.42. The van der Waals surface area contributed by atoms with Gasteiger partial charge in [-0.15, -0.1) is 0 Å². The number of carbonyl (C=O) groups is 1. The quantitative estimate of drug-likeness (QED) is 0.620. The van der Waals surface area contributed by atoms with Crippen molar-refractivity contribution in [3.05, 3.63) is 29.8 Å². The van der Waals surface area contributed by atoms with Gasteiger partial charge in [-0.1, -0.05) is 18.2 Å². The number of carbonyl (C=O) groups excluding carboxylic acids is 1. The molecule has 0 spiro atoms. The van der Waals surface area contributed by atoms with Gasteiger partial charge >= 0.3 is 7.60 Å². The Labute approximate surface area is 124 Å². The highest BCUT2D eigenvalue weighted by molar-refractivity contribution is 7.56. The van der Waals surface area contributed by atoms with E-state index in [4.69, 9.17) is 9.05 Å². The molecule has 2 heterocycles. The van der Waals surface area contributed by atoms with Crippen LogP contribution in [0.15, 0.2) is 24.3 Å². The summed E-state index contributed by atoms with van der Waals surface area (Å²) in [7, 11) is -3.37. The van der Waals surface area contributed by atoms with Crippen molar-refractivity contribution >= 4 is 19.2 Å². The lowest BCUT2D eigenvalue weighted by molar-refractivity contribution is -0.124. The Kier molecular flexibility index (Phi) is 3.91. The molecule has 0 N–H and O–H groups in total. The summed E-state index contributed by atoms with van der Waals surface area (Å²) in [5.41, 5.74) is 1.46. The van der Waals surface area contributed by atoms with Gasteiger partial charge in [0.1, 0.15) is 0 Å². The number of amides is 1. The molecule has 0 aliphatic carbocycles. The maximum atomic E-state index is 12.9. The van der Waals surface area contributed by atoms with Gasteiger partial charge in [0.2, 0.25) is 5.91 Å². The average molecular weight is 309 g/mol. The molecule has 1 aromatic rings. The SMILES string of the molecule is CCOP(=O)(OCC)[C@H]1C(=O)N2c3ccccc3CCC12. The minimum absolute atomic E-state index is 0.0728. The summed E-state index contributed by atoms with van der Waals surface area (Å²) in [4.78, 5) is 14.3. The fourth-order valence-corrected chi connectivity index (χ4v) is 5.49. The summed E-state index contributed by atoms with van der Waals surface area (Å²) in [6.45, 7) is 4.10. The number of anilines is 1. The van der Waals surface area contributed by atoms with Crippen molar-refractivity contribution in [2.75, 3.05) is 18.1 Å². The van der Waals surface area contributed by atoms with Gasteiger partial charge in [-0.25, -0.2) is 0 Å². The molecule has 0 aromatic heterocycles.